The number of rotatable bonds is 7. The lowest BCUT2D eigenvalue weighted by Gasteiger charge is -2.14. The molecule has 0 saturated carbocycles. The molecule has 2 amide bonds. The van der Waals surface area contributed by atoms with Crippen molar-refractivity contribution in [1.29, 1.82) is 0 Å². The Balaban J connectivity index is 1.85. The van der Waals surface area contributed by atoms with Crippen LogP contribution in [0.25, 0.3) is 0 Å². The third kappa shape index (κ3) is 6.16. The lowest BCUT2D eigenvalue weighted by atomic mass is 10.2. The average Bonchev–Trinajstić information content (AvgIpc) is 2.74. The molecule has 3 aromatic rings. The van der Waals surface area contributed by atoms with E-state index < -0.39 is 15.9 Å². The van der Waals surface area contributed by atoms with Gasteiger partial charge >= 0.3 is 0 Å². The fraction of sp³-hybridized carbons (Fsp3) is 0.0909. The molecule has 11 heteroatoms. The van der Waals surface area contributed by atoms with Gasteiger partial charge in [0.05, 0.1) is 28.3 Å². The standard InChI is InChI=1S/C22H19Cl2N3O5S/c1-13(28)25-15-4-6-16(7-5-15)27-33(30,31)17-8-10-21(32-2)20(12-17)26-22(29)18-9-3-14(23)11-19(18)24/h3-12,27H,1-2H3,(H,25,28)(H,26,29). The first-order chi connectivity index (χ1) is 15.6. The second kappa shape index (κ2) is 10.1. The summed E-state index contributed by atoms with van der Waals surface area (Å²) in [5.74, 6) is -0.547. The summed E-state index contributed by atoms with van der Waals surface area (Å²) in [4.78, 5) is 23.7. The van der Waals surface area contributed by atoms with Gasteiger partial charge in [-0.05, 0) is 60.7 Å². The third-order valence-electron chi connectivity index (χ3n) is 4.36. The maximum Gasteiger partial charge on any atom is 0.261 e. The van der Waals surface area contributed by atoms with Gasteiger partial charge in [0.1, 0.15) is 5.75 Å². The smallest absolute Gasteiger partial charge is 0.261 e. The lowest BCUT2D eigenvalue weighted by Crippen LogP contribution is -2.16. The van der Waals surface area contributed by atoms with Gasteiger partial charge in [0, 0.05) is 23.3 Å². The largest absolute Gasteiger partial charge is 0.495 e. The van der Waals surface area contributed by atoms with Crippen molar-refractivity contribution in [2.75, 3.05) is 22.5 Å². The van der Waals surface area contributed by atoms with Gasteiger partial charge < -0.3 is 15.4 Å². The first-order valence-corrected chi connectivity index (χ1v) is 11.7. The Kier molecular flexibility index (Phi) is 7.47. The minimum Gasteiger partial charge on any atom is -0.495 e. The molecule has 172 valence electrons. The van der Waals surface area contributed by atoms with E-state index in [-0.39, 0.29) is 32.8 Å². The van der Waals surface area contributed by atoms with Gasteiger partial charge in [-0.2, -0.15) is 0 Å². The lowest BCUT2D eigenvalue weighted by molar-refractivity contribution is -0.114. The Hall–Kier alpha value is -3.27. The fourth-order valence-electron chi connectivity index (χ4n) is 2.85. The number of carbonyl (C=O) groups is 2. The Morgan fingerprint density at radius 2 is 1.55 bits per heavy atom. The Labute approximate surface area is 200 Å². The van der Waals surface area contributed by atoms with Crippen molar-refractivity contribution in [3.05, 3.63) is 76.3 Å². The number of nitrogens with one attached hydrogen (secondary N) is 3. The zero-order valence-electron chi connectivity index (χ0n) is 17.5. The molecule has 0 aliphatic heterocycles. The minimum absolute atomic E-state index is 0.105. The van der Waals surface area contributed by atoms with Crippen LogP contribution in [0.4, 0.5) is 17.1 Å². The summed E-state index contributed by atoms with van der Waals surface area (Å²) in [6, 6.07) is 14.6. The molecule has 0 bridgehead atoms. The highest BCUT2D eigenvalue weighted by Crippen LogP contribution is 2.30. The number of carbonyl (C=O) groups excluding carboxylic acids is 2. The number of hydrogen-bond donors (Lipinski definition) is 3. The molecule has 0 aliphatic carbocycles. The Bertz CT molecular complexity index is 1310. The van der Waals surface area contributed by atoms with Gasteiger partial charge in [-0.3, -0.25) is 14.3 Å². The van der Waals surface area contributed by atoms with Crippen LogP contribution in [0, 0.1) is 0 Å². The van der Waals surface area contributed by atoms with Crippen molar-refractivity contribution in [3.63, 3.8) is 0 Å². The van der Waals surface area contributed by atoms with E-state index in [4.69, 9.17) is 27.9 Å². The molecule has 33 heavy (non-hydrogen) atoms. The molecule has 0 unspecified atom stereocenters. The molecule has 0 spiro atoms. The van der Waals surface area contributed by atoms with Crippen molar-refractivity contribution in [2.45, 2.75) is 11.8 Å². The summed E-state index contributed by atoms with van der Waals surface area (Å²) in [6.45, 7) is 1.37. The molecular formula is C22H19Cl2N3O5S. The quantitative estimate of drug-likeness (QED) is 0.415. The molecule has 0 aliphatic rings. The first-order valence-electron chi connectivity index (χ1n) is 9.44. The van der Waals surface area contributed by atoms with Crippen LogP contribution in [-0.2, 0) is 14.8 Å². The van der Waals surface area contributed by atoms with Crippen LogP contribution in [0.15, 0.2) is 65.6 Å². The predicted octanol–water partition coefficient (Wildman–Crippen LogP) is 5.01. The van der Waals surface area contributed by atoms with Crippen molar-refractivity contribution in [2.24, 2.45) is 0 Å². The molecule has 3 aromatic carbocycles. The summed E-state index contributed by atoms with van der Waals surface area (Å²) >= 11 is 12.0. The number of benzene rings is 3. The molecule has 0 heterocycles. The van der Waals surface area contributed by atoms with Gasteiger partial charge in [0.2, 0.25) is 5.91 Å². The monoisotopic (exact) mass is 507 g/mol. The second-order valence-corrected chi connectivity index (χ2v) is 9.33. The van der Waals surface area contributed by atoms with E-state index >= 15 is 0 Å². The van der Waals surface area contributed by atoms with E-state index in [2.05, 4.69) is 15.4 Å². The number of amides is 2. The molecule has 0 fully saturated rings. The summed E-state index contributed by atoms with van der Waals surface area (Å²) < 4.78 is 33.5. The average molecular weight is 508 g/mol. The molecular weight excluding hydrogens is 489 g/mol. The number of anilines is 3. The van der Waals surface area contributed by atoms with Gasteiger partial charge in [0.15, 0.2) is 0 Å². The zero-order valence-corrected chi connectivity index (χ0v) is 19.8. The van der Waals surface area contributed by atoms with Crippen LogP contribution in [0.1, 0.15) is 17.3 Å². The van der Waals surface area contributed by atoms with Crippen LogP contribution >= 0.6 is 23.2 Å². The highest BCUT2D eigenvalue weighted by Gasteiger charge is 2.19. The molecule has 0 atom stereocenters. The third-order valence-corrected chi connectivity index (χ3v) is 6.29. The van der Waals surface area contributed by atoms with E-state index in [9.17, 15) is 18.0 Å². The van der Waals surface area contributed by atoms with Crippen molar-refractivity contribution < 1.29 is 22.7 Å². The minimum atomic E-state index is -4.00. The number of ether oxygens (including phenoxy) is 1. The summed E-state index contributed by atoms with van der Waals surface area (Å²) in [5, 5.41) is 5.73. The van der Waals surface area contributed by atoms with E-state index in [1.54, 1.807) is 12.1 Å². The van der Waals surface area contributed by atoms with Crippen molar-refractivity contribution >= 4 is 62.1 Å². The molecule has 3 N–H and O–H groups in total. The van der Waals surface area contributed by atoms with Gasteiger partial charge in [0.25, 0.3) is 15.9 Å². The maximum atomic E-state index is 12.9. The van der Waals surface area contributed by atoms with Crippen LogP contribution in [0.5, 0.6) is 5.75 Å². The number of methoxy groups -OCH3 is 1. The van der Waals surface area contributed by atoms with Gasteiger partial charge in [-0.15, -0.1) is 0 Å². The number of hydrogen-bond acceptors (Lipinski definition) is 5. The van der Waals surface area contributed by atoms with Crippen LogP contribution in [0.2, 0.25) is 10.0 Å². The normalized spacial score (nSPS) is 10.9. The first kappa shape index (κ1) is 24.4. The topological polar surface area (TPSA) is 114 Å². The SMILES string of the molecule is COc1ccc(S(=O)(=O)Nc2ccc(NC(C)=O)cc2)cc1NC(=O)c1ccc(Cl)cc1Cl. The van der Waals surface area contributed by atoms with Crippen LogP contribution in [-0.4, -0.2) is 27.3 Å². The van der Waals surface area contributed by atoms with Crippen LogP contribution < -0.4 is 20.1 Å². The zero-order chi connectivity index (χ0) is 24.2. The molecule has 8 nitrogen and oxygen atoms in total. The van der Waals surface area contributed by atoms with Crippen molar-refractivity contribution in [3.8, 4) is 5.75 Å². The molecule has 0 saturated heterocycles. The molecule has 3 rings (SSSR count). The number of sulfonamides is 1. The predicted molar refractivity (Wildman–Crippen MR) is 129 cm³/mol. The highest BCUT2D eigenvalue weighted by atomic mass is 35.5. The molecule has 0 radical (unpaired) electrons. The van der Waals surface area contributed by atoms with E-state index in [1.807, 2.05) is 0 Å². The van der Waals surface area contributed by atoms with E-state index in [0.29, 0.717) is 16.4 Å². The Morgan fingerprint density at radius 3 is 2.15 bits per heavy atom. The van der Waals surface area contributed by atoms with Crippen LogP contribution in [0.3, 0.4) is 0 Å². The highest BCUT2D eigenvalue weighted by molar-refractivity contribution is 7.92. The van der Waals surface area contributed by atoms with E-state index in [0.717, 1.165) is 0 Å². The maximum absolute atomic E-state index is 12.9. The van der Waals surface area contributed by atoms with Crippen molar-refractivity contribution in [1.82, 2.24) is 0 Å². The molecule has 0 aromatic heterocycles. The summed E-state index contributed by atoms with van der Waals surface area (Å²) in [5.41, 5.74) is 1.12. The summed E-state index contributed by atoms with van der Waals surface area (Å²) in [7, 11) is -2.61. The second-order valence-electron chi connectivity index (χ2n) is 6.80. The van der Waals surface area contributed by atoms with Gasteiger partial charge in [-0.25, -0.2) is 8.42 Å². The van der Waals surface area contributed by atoms with E-state index in [1.165, 1.54) is 62.6 Å². The number of halogens is 2. The van der Waals surface area contributed by atoms with Gasteiger partial charge in [-0.1, -0.05) is 23.2 Å². The fourth-order valence-corrected chi connectivity index (χ4v) is 4.43. The summed E-state index contributed by atoms with van der Waals surface area (Å²) in [6.07, 6.45) is 0. The Morgan fingerprint density at radius 1 is 0.879 bits per heavy atom.